The quantitative estimate of drug-likeness (QED) is 0.777. The van der Waals surface area contributed by atoms with Crippen LogP contribution in [0, 0.1) is 34.5 Å². The number of carbonyl (C=O) groups is 2. The van der Waals surface area contributed by atoms with Gasteiger partial charge in [-0.15, -0.1) is 0 Å². The van der Waals surface area contributed by atoms with E-state index in [2.05, 4.69) is 19.9 Å². The summed E-state index contributed by atoms with van der Waals surface area (Å²) in [6.07, 6.45) is 10.3. The minimum Gasteiger partial charge on any atom is -0.481 e. The van der Waals surface area contributed by atoms with Gasteiger partial charge in [0.25, 0.3) is 0 Å². The van der Waals surface area contributed by atoms with Gasteiger partial charge in [0.2, 0.25) is 0 Å². The molecule has 0 aromatic rings. The van der Waals surface area contributed by atoms with Crippen LogP contribution in [-0.4, -0.2) is 16.9 Å². The first-order chi connectivity index (χ1) is 11.3. The van der Waals surface area contributed by atoms with Gasteiger partial charge in [0.05, 0.1) is 5.92 Å². The minimum atomic E-state index is -0.597. The Morgan fingerprint density at radius 3 is 2.62 bits per heavy atom. The van der Waals surface area contributed by atoms with Crippen LogP contribution in [0.5, 0.6) is 0 Å². The highest BCUT2D eigenvalue weighted by atomic mass is 16.4. The number of carboxylic acid groups (broad SMARTS) is 1. The number of hydrogen-bond donors (Lipinski definition) is 1. The van der Waals surface area contributed by atoms with Crippen LogP contribution in [0.2, 0.25) is 0 Å². The zero-order chi connectivity index (χ0) is 17.3. The third-order valence-corrected chi connectivity index (χ3v) is 8.15. The van der Waals surface area contributed by atoms with Gasteiger partial charge in [-0.1, -0.05) is 25.5 Å². The maximum Gasteiger partial charge on any atom is 0.307 e. The van der Waals surface area contributed by atoms with Crippen LogP contribution in [0.3, 0.4) is 0 Å². The van der Waals surface area contributed by atoms with Gasteiger partial charge < -0.3 is 5.11 Å². The van der Waals surface area contributed by atoms with Gasteiger partial charge in [-0.05, 0) is 80.3 Å². The first kappa shape index (κ1) is 16.1. The first-order valence-electron chi connectivity index (χ1n) is 9.45. The lowest BCUT2D eigenvalue weighted by atomic mass is 9.47. The summed E-state index contributed by atoms with van der Waals surface area (Å²) >= 11 is 0. The third kappa shape index (κ3) is 1.96. The van der Waals surface area contributed by atoms with Gasteiger partial charge in [0.15, 0.2) is 5.78 Å². The van der Waals surface area contributed by atoms with Crippen LogP contribution in [0.25, 0.3) is 0 Å². The van der Waals surface area contributed by atoms with Crippen molar-refractivity contribution in [1.82, 2.24) is 0 Å². The highest BCUT2D eigenvalue weighted by Gasteiger charge is 2.60. The summed E-state index contributed by atoms with van der Waals surface area (Å²) < 4.78 is 0. The molecule has 1 N–H and O–H groups in total. The molecule has 0 spiro atoms. The molecule has 0 aliphatic heterocycles. The van der Waals surface area contributed by atoms with E-state index in [9.17, 15) is 14.7 Å². The molecule has 0 unspecified atom stereocenters. The van der Waals surface area contributed by atoms with Crippen LogP contribution in [0.4, 0.5) is 0 Å². The SMILES string of the molecule is CC1=C[C@@]2(C)C(=CC1=O)CC[C@H]1[C@@H]3CC[C@H](C(=O)O)[C@@]3(C)CC[C@@H]12. The number of carbonyl (C=O) groups excluding carboxylic acids is 1. The predicted octanol–water partition coefficient (Wildman–Crippen LogP) is 4.39. The Kier molecular flexibility index (Phi) is 3.40. The van der Waals surface area contributed by atoms with Crippen LogP contribution in [-0.2, 0) is 9.59 Å². The molecular formula is C21H28O3. The smallest absolute Gasteiger partial charge is 0.307 e. The fourth-order valence-corrected chi connectivity index (χ4v) is 6.89. The molecule has 24 heavy (non-hydrogen) atoms. The van der Waals surface area contributed by atoms with Gasteiger partial charge in [-0.3, -0.25) is 9.59 Å². The van der Waals surface area contributed by atoms with E-state index in [0.717, 1.165) is 44.1 Å². The van der Waals surface area contributed by atoms with Crippen molar-refractivity contribution in [3.05, 3.63) is 23.3 Å². The molecule has 3 heteroatoms. The maximum atomic E-state index is 12.1. The van der Waals surface area contributed by atoms with Gasteiger partial charge in [0, 0.05) is 5.41 Å². The molecule has 4 aliphatic carbocycles. The number of ketones is 1. The average molecular weight is 328 g/mol. The summed E-state index contributed by atoms with van der Waals surface area (Å²) in [5.41, 5.74) is 2.16. The number of rotatable bonds is 1. The molecule has 0 saturated heterocycles. The van der Waals surface area contributed by atoms with Crippen molar-refractivity contribution in [2.45, 2.75) is 59.3 Å². The number of aliphatic carboxylic acids is 1. The van der Waals surface area contributed by atoms with Crippen LogP contribution in [0.1, 0.15) is 59.3 Å². The van der Waals surface area contributed by atoms with Crippen LogP contribution < -0.4 is 0 Å². The van der Waals surface area contributed by atoms with Crippen molar-refractivity contribution in [3.63, 3.8) is 0 Å². The third-order valence-electron chi connectivity index (χ3n) is 8.15. The zero-order valence-corrected chi connectivity index (χ0v) is 15.0. The molecule has 3 nitrogen and oxygen atoms in total. The van der Waals surface area contributed by atoms with E-state index >= 15 is 0 Å². The van der Waals surface area contributed by atoms with Crippen molar-refractivity contribution >= 4 is 11.8 Å². The fourth-order valence-electron chi connectivity index (χ4n) is 6.89. The summed E-state index contributed by atoms with van der Waals surface area (Å²) in [6, 6.07) is 0. The van der Waals surface area contributed by atoms with Gasteiger partial charge in [-0.25, -0.2) is 0 Å². The molecular weight excluding hydrogens is 300 g/mol. The second-order valence-electron chi connectivity index (χ2n) is 9.07. The van der Waals surface area contributed by atoms with Gasteiger partial charge in [-0.2, -0.15) is 0 Å². The standard InChI is InChI=1S/C21H28O3/c1-12-11-21(3)13(10-18(12)22)4-5-14-15-6-7-17(19(23)24)20(15,2)9-8-16(14)21/h10-11,14-17H,4-9H2,1-3H3,(H,23,24)/t14-,15-,16-,17+,20-,21-/m0/s1. The van der Waals surface area contributed by atoms with E-state index in [1.165, 1.54) is 5.57 Å². The molecule has 6 atom stereocenters. The molecule has 0 radical (unpaired) electrons. The number of hydrogen-bond acceptors (Lipinski definition) is 2. The summed E-state index contributed by atoms with van der Waals surface area (Å²) in [6.45, 7) is 6.49. The van der Waals surface area contributed by atoms with E-state index in [0.29, 0.717) is 17.8 Å². The Balaban J connectivity index is 1.70. The summed E-state index contributed by atoms with van der Waals surface area (Å²) in [4.78, 5) is 23.8. The monoisotopic (exact) mass is 328 g/mol. The number of allylic oxidation sites excluding steroid dienone is 4. The molecule has 0 heterocycles. The summed E-state index contributed by atoms with van der Waals surface area (Å²) in [5.74, 6) is 1.10. The van der Waals surface area contributed by atoms with Crippen molar-refractivity contribution in [2.75, 3.05) is 0 Å². The fraction of sp³-hybridized carbons (Fsp3) is 0.714. The van der Waals surface area contributed by atoms with Gasteiger partial charge in [0.1, 0.15) is 0 Å². The molecule has 130 valence electrons. The van der Waals surface area contributed by atoms with E-state index in [-0.39, 0.29) is 22.5 Å². The summed E-state index contributed by atoms with van der Waals surface area (Å²) in [5, 5.41) is 9.66. The first-order valence-corrected chi connectivity index (χ1v) is 9.45. The lowest BCUT2D eigenvalue weighted by Crippen LogP contribution is -2.50. The molecule has 0 amide bonds. The van der Waals surface area contributed by atoms with Crippen molar-refractivity contribution < 1.29 is 14.7 Å². The van der Waals surface area contributed by atoms with Crippen LogP contribution in [0.15, 0.2) is 23.3 Å². The molecule has 4 rings (SSSR count). The molecule has 0 bridgehead atoms. The van der Waals surface area contributed by atoms with E-state index in [1.807, 2.05) is 13.0 Å². The molecule has 3 saturated carbocycles. The number of fused-ring (bicyclic) bond motifs is 5. The van der Waals surface area contributed by atoms with E-state index in [1.54, 1.807) is 0 Å². The normalized spacial score (nSPS) is 47.2. The lowest BCUT2D eigenvalue weighted by Gasteiger charge is -2.57. The van der Waals surface area contributed by atoms with E-state index < -0.39 is 5.97 Å². The van der Waals surface area contributed by atoms with Crippen molar-refractivity contribution in [3.8, 4) is 0 Å². The highest BCUT2D eigenvalue weighted by Crippen LogP contribution is 2.66. The van der Waals surface area contributed by atoms with Gasteiger partial charge >= 0.3 is 5.97 Å². The molecule has 0 aromatic heterocycles. The zero-order valence-electron chi connectivity index (χ0n) is 15.0. The highest BCUT2D eigenvalue weighted by molar-refractivity contribution is 6.05. The molecule has 3 fully saturated rings. The van der Waals surface area contributed by atoms with E-state index in [4.69, 9.17) is 0 Å². The average Bonchev–Trinajstić information content (AvgIpc) is 2.86. The Hall–Kier alpha value is -1.38. The van der Waals surface area contributed by atoms with Crippen LogP contribution >= 0.6 is 0 Å². The molecule has 0 aromatic carbocycles. The Morgan fingerprint density at radius 2 is 1.92 bits per heavy atom. The molecule has 4 aliphatic rings. The second-order valence-corrected chi connectivity index (χ2v) is 9.07. The topological polar surface area (TPSA) is 54.4 Å². The summed E-state index contributed by atoms with van der Waals surface area (Å²) in [7, 11) is 0. The lowest BCUT2D eigenvalue weighted by molar-refractivity contribution is -0.148. The predicted molar refractivity (Wildman–Crippen MR) is 92.4 cm³/mol. The van der Waals surface area contributed by atoms with Crippen molar-refractivity contribution in [2.24, 2.45) is 34.5 Å². The Morgan fingerprint density at radius 1 is 1.17 bits per heavy atom. The number of carboxylic acids is 1. The second kappa shape index (κ2) is 5.06. The van der Waals surface area contributed by atoms with Crippen molar-refractivity contribution in [1.29, 1.82) is 0 Å². The Labute approximate surface area is 144 Å². The Bertz CT molecular complexity index is 673. The largest absolute Gasteiger partial charge is 0.481 e. The maximum absolute atomic E-state index is 12.1. The minimum absolute atomic E-state index is 0.00352.